The average molecular weight is 358 g/mol. The fourth-order valence-electron chi connectivity index (χ4n) is 2.30. The van der Waals surface area contributed by atoms with Gasteiger partial charge < -0.3 is 5.32 Å². The molecule has 3 aromatic rings. The van der Waals surface area contributed by atoms with E-state index in [4.69, 9.17) is 0 Å². The highest BCUT2D eigenvalue weighted by molar-refractivity contribution is 7.09. The molecule has 0 fully saturated rings. The summed E-state index contributed by atoms with van der Waals surface area (Å²) >= 11 is 1.42. The molecule has 0 atom stereocenters. The van der Waals surface area contributed by atoms with Crippen molar-refractivity contribution in [2.75, 3.05) is 0 Å². The van der Waals surface area contributed by atoms with Gasteiger partial charge in [-0.05, 0) is 26.0 Å². The van der Waals surface area contributed by atoms with Gasteiger partial charge in [-0.15, -0.1) is 11.3 Å². The van der Waals surface area contributed by atoms with Crippen LogP contribution in [0.2, 0.25) is 0 Å². The van der Waals surface area contributed by atoms with Crippen LogP contribution in [0.1, 0.15) is 26.9 Å². The highest BCUT2D eigenvalue weighted by atomic mass is 32.1. The van der Waals surface area contributed by atoms with Crippen molar-refractivity contribution < 1.29 is 9.18 Å². The Morgan fingerprint density at radius 3 is 2.76 bits per heavy atom. The molecule has 2 aromatic heterocycles. The fourth-order valence-corrected chi connectivity index (χ4v) is 3.01. The minimum Gasteiger partial charge on any atom is -0.344 e. The number of rotatable bonds is 4. The zero-order valence-electron chi connectivity index (χ0n) is 13.6. The first-order valence-electron chi connectivity index (χ1n) is 7.51. The van der Waals surface area contributed by atoms with Crippen LogP contribution in [0.5, 0.6) is 0 Å². The summed E-state index contributed by atoms with van der Waals surface area (Å²) in [6.07, 6.45) is 0. The Kier molecular flexibility index (Phi) is 4.71. The van der Waals surface area contributed by atoms with Gasteiger partial charge in [0.05, 0.1) is 6.54 Å². The fraction of sp³-hybridized carbons (Fsp3) is 0.176. The number of para-hydroxylation sites is 1. The molecule has 0 aliphatic rings. The summed E-state index contributed by atoms with van der Waals surface area (Å²) in [4.78, 5) is 28.7. The molecule has 3 rings (SSSR count). The highest BCUT2D eigenvalue weighted by Crippen LogP contribution is 2.13. The number of thiazole rings is 1. The number of nitrogens with zero attached hydrogens (tertiary/aromatic N) is 3. The van der Waals surface area contributed by atoms with E-state index < -0.39 is 17.2 Å². The van der Waals surface area contributed by atoms with Crippen LogP contribution in [0.25, 0.3) is 5.69 Å². The van der Waals surface area contributed by atoms with Crippen molar-refractivity contribution in [2.45, 2.75) is 20.4 Å². The van der Waals surface area contributed by atoms with E-state index in [2.05, 4.69) is 15.4 Å². The van der Waals surface area contributed by atoms with Gasteiger partial charge in [-0.25, -0.2) is 14.1 Å². The number of aromatic nitrogens is 3. The van der Waals surface area contributed by atoms with E-state index in [9.17, 15) is 14.0 Å². The molecule has 1 aromatic carbocycles. The number of hydrogen-bond acceptors (Lipinski definition) is 5. The highest BCUT2D eigenvalue weighted by Gasteiger charge is 2.16. The number of halogens is 1. The number of carbonyl (C=O) groups excluding carboxylic acids is 1. The maximum Gasteiger partial charge on any atom is 0.276 e. The van der Waals surface area contributed by atoms with Gasteiger partial charge in [0.15, 0.2) is 5.69 Å². The Balaban J connectivity index is 1.91. The lowest BCUT2D eigenvalue weighted by Gasteiger charge is -2.11. The van der Waals surface area contributed by atoms with Crippen LogP contribution >= 0.6 is 11.3 Å². The van der Waals surface area contributed by atoms with Crippen LogP contribution in [0.3, 0.4) is 0 Å². The molecule has 128 valence electrons. The third kappa shape index (κ3) is 3.63. The molecule has 0 bridgehead atoms. The molecule has 0 radical (unpaired) electrons. The molecule has 2 heterocycles. The molecule has 0 spiro atoms. The second-order valence-electron chi connectivity index (χ2n) is 5.43. The molecule has 8 heteroatoms. The van der Waals surface area contributed by atoms with E-state index in [0.29, 0.717) is 5.69 Å². The van der Waals surface area contributed by atoms with Crippen molar-refractivity contribution in [1.29, 1.82) is 0 Å². The van der Waals surface area contributed by atoms with Crippen LogP contribution in [-0.4, -0.2) is 20.7 Å². The van der Waals surface area contributed by atoms with Crippen LogP contribution in [0.15, 0.2) is 40.5 Å². The normalized spacial score (nSPS) is 10.7. The predicted molar refractivity (Wildman–Crippen MR) is 92.6 cm³/mol. The summed E-state index contributed by atoms with van der Waals surface area (Å²) in [5, 5.41) is 9.28. The summed E-state index contributed by atoms with van der Waals surface area (Å²) < 4.78 is 15.3. The SMILES string of the molecule is Cc1csc(CNC(=O)c2nn(-c3ccccc3F)c(C)cc2=O)n1. The first-order valence-corrected chi connectivity index (χ1v) is 8.39. The Morgan fingerprint density at radius 1 is 1.32 bits per heavy atom. The monoisotopic (exact) mass is 358 g/mol. The van der Waals surface area contributed by atoms with E-state index in [0.717, 1.165) is 10.7 Å². The summed E-state index contributed by atoms with van der Waals surface area (Å²) in [6, 6.07) is 7.29. The number of aryl methyl sites for hydroxylation is 2. The number of carbonyl (C=O) groups is 1. The number of nitrogens with one attached hydrogen (secondary N) is 1. The summed E-state index contributed by atoms with van der Waals surface area (Å²) in [7, 11) is 0. The van der Waals surface area contributed by atoms with E-state index >= 15 is 0 Å². The van der Waals surface area contributed by atoms with Crippen LogP contribution in [0.4, 0.5) is 4.39 Å². The zero-order chi connectivity index (χ0) is 18.0. The quantitative estimate of drug-likeness (QED) is 0.777. The molecule has 0 aliphatic carbocycles. The van der Waals surface area contributed by atoms with Gasteiger partial charge in [0.25, 0.3) is 5.91 Å². The summed E-state index contributed by atoms with van der Waals surface area (Å²) in [6.45, 7) is 3.68. The topological polar surface area (TPSA) is 76.9 Å². The largest absolute Gasteiger partial charge is 0.344 e. The van der Waals surface area contributed by atoms with Gasteiger partial charge in [0.2, 0.25) is 5.43 Å². The van der Waals surface area contributed by atoms with Crippen molar-refractivity contribution >= 4 is 17.2 Å². The molecule has 0 saturated carbocycles. The third-order valence-corrected chi connectivity index (χ3v) is 4.44. The standard InChI is InChI=1S/C17H15FN4O2S/c1-10-9-25-15(20-10)8-19-17(24)16-14(23)7-11(2)22(21-16)13-6-4-3-5-12(13)18/h3-7,9H,8H2,1-2H3,(H,19,24). The van der Waals surface area contributed by atoms with Crippen molar-refractivity contribution in [3.63, 3.8) is 0 Å². The predicted octanol–water partition coefficient (Wildman–Crippen LogP) is 2.37. The van der Waals surface area contributed by atoms with Gasteiger partial charge in [0, 0.05) is 22.8 Å². The second-order valence-corrected chi connectivity index (χ2v) is 6.37. The van der Waals surface area contributed by atoms with E-state index in [-0.39, 0.29) is 17.9 Å². The lowest BCUT2D eigenvalue weighted by Crippen LogP contribution is -2.31. The van der Waals surface area contributed by atoms with Gasteiger partial charge in [-0.1, -0.05) is 12.1 Å². The Bertz CT molecular complexity index is 996. The maximum atomic E-state index is 14.0. The lowest BCUT2D eigenvalue weighted by atomic mass is 10.2. The van der Waals surface area contributed by atoms with Gasteiger partial charge in [-0.3, -0.25) is 9.59 Å². The van der Waals surface area contributed by atoms with Crippen molar-refractivity contribution in [3.8, 4) is 5.69 Å². The molecule has 25 heavy (non-hydrogen) atoms. The molecular weight excluding hydrogens is 343 g/mol. The Labute approximate surface area is 147 Å². The molecule has 6 nitrogen and oxygen atoms in total. The molecule has 0 saturated heterocycles. The molecule has 1 N–H and O–H groups in total. The maximum absolute atomic E-state index is 14.0. The molecule has 0 unspecified atom stereocenters. The molecule has 0 aliphatic heterocycles. The van der Waals surface area contributed by atoms with E-state index in [1.165, 1.54) is 34.2 Å². The zero-order valence-corrected chi connectivity index (χ0v) is 14.4. The lowest BCUT2D eigenvalue weighted by molar-refractivity contribution is 0.0943. The number of benzene rings is 1. The summed E-state index contributed by atoms with van der Waals surface area (Å²) in [5.74, 6) is -1.12. The minimum absolute atomic E-state index is 0.171. The van der Waals surface area contributed by atoms with E-state index in [1.807, 2.05) is 12.3 Å². The van der Waals surface area contributed by atoms with Crippen LogP contribution in [-0.2, 0) is 6.54 Å². The van der Waals surface area contributed by atoms with Gasteiger partial charge in [-0.2, -0.15) is 5.10 Å². The van der Waals surface area contributed by atoms with Crippen LogP contribution in [0, 0.1) is 19.7 Å². The van der Waals surface area contributed by atoms with Crippen LogP contribution < -0.4 is 10.7 Å². The van der Waals surface area contributed by atoms with Gasteiger partial charge in [0.1, 0.15) is 16.5 Å². The molecule has 1 amide bonds. The minimum atomic E-state index is -0.622. The van der Waals surface area contributed by atoms with E-state index in [1.54, 1.807) is 19.1 Å². The van der Waals surface area contributed by atoms with Crippen molar-refractivity contribution in [3.05, 3.63) is 73.8 Å². The average Bonchev–Trinajstić information content (AvgIpc) is 2.99. The van der Waals surface area contributed by atoms with Crippen molar-refractivity contribution in [2.24, 2.45) is 0 Å². The number of hydrogen-bond donors (Lipinski definition) is 1. The molecular formula is C17H15FN4O2S. The number of amides is 1. The second kappa shape index (κ2) is 6.94. The Morgan fingerprint density at radius 2 is 2.08 bits per heavy atom. The Hall–Kier alpha value is -2.87. The first kappa shape index (κ1) is 17.0. The summed E-state index contributed by atoms with van der Waals surface area (Å²) in [5.41, 5.74) is 0.663. The smallest absolute Gasteiger partial charge is 0.276 e. The van der Waals surface area contributed by atoms with Crippen molar-refractivity contribution in [1.82, 2.24) is 20.1 Å². The first-order chi connectivity index (χ1) is 12.0. The van der Waals surface area contributed by atoms with Gasteiger partial charge >= 0.3 is 0 Å². The third-order valence-electron chi connectivity index (χ3n) is 3.47.